The number of aryl methyl sites for hydroxylation is 1. The maximum atomic E-state index is 12.7. The molecule has 0 spiro atoms. The Bertz CT molecular complexity index is 1050. The molecular formula is C27H26O5. The van der Waals surface area contributed by atoms with Crippen LogP contribution in [0.1, 0.15) is 42.1 Å². The number of carbonyl (C=O) groups is 3. The molecule has 5 heteroatoms. The Hall–Kier alpha value is -3.73. The Morgan fingerprint density at radius 3 is 2.00 bits per heavy atom. The van der Waals surface area contributed by atoms with Crippen LogP contribution in [0.25, 0.3) is 11.1 Å². The normalized spacial score (nSPS) is 11.5. The lowest BCUT2D eigenvalue weighted by atomic mass is 9.92. The van der Waals surface area contributed by atoms with E-state index in [0.29, 0.717) is 17.7 Å². The first-order chi connectivity index (χ1) is 15.4. The molecule has 0 aliphatic carbocycles. The first-order valence-electron chi connectivity index (χ1n) is 10.6. The molecule has 0 radical (unpaired) electrons. The van der Waals surface area contributed by atoms with Gasteiger partial charge in [-0.25, -0.2) is 0 Å². The minimum Gasteiger partial charge on any atom is -0.481 e. The molecule has 0 amide bonds. The predicted molar refractivity (Wildman–Crippen MR) is 123 cm³/mol. The van der Waals surface area contributed by atoms with E-state index in [1.54, 1.807) is 24.3 Å². The molecule has 3 rings (SSSR count). The fourth-order valence-electron chi connectivity index (χ4n) is 3.58. The van der Waals surface area contributed by atoms with Gasteiger partial charge in [-0.15, -0.1) is 0 Å². The highest BCUT2D eigenvalue weighted by molar-refractivity contribution is 5.98. The van der Waals surface area contributed by atoms with Gasteiger partial charge in [0, 0.05) is 18.9 Å². The molecule has 0 heterocycles. The average molecular weight is 431 g/mol. The fraction of sp³-hybridized carbons (Fsp3) is 0.222. The zero-order chi connectivity index (χ0) is 22.9. The number of carboxylic acid groups (broad SMARTS) is 1. The monoisotopic (exact) mass is 430 g/mol. The molecular weight excluding hydrogens is 404 g/mol. The van der Waals surface area contributed by atoms with Crippen molar-refractivity contribution in [3.8, 4) is 16.9 Å². The summed E-state index contributed by atoms with van der Waals surface area (Å²) < 4.78 is 5.03. The van der Waals surface area contributed by atoms with E-state index < -0.39 is 11.9 Å². The van der Waals surface area contributed by atoms with Crippen LogP contribution in [0, 0.1) is 5.92 Å². The summed E-state index contributed by atoms with van der Waals surface area (Å²) in [5, 5.41) is 9.55. The molecule has 164 valence electrons. The number of ether oxygens (including phenoxy) is 1. The van der Waals surface area contributed by atoms with Crippen molar-refractivity contribution in [3.05, 3.63) is 90.0 Å². The van der Waals surface area contributed by atoms with Crippen LogP contribution in [0.5, 0.6) is 5.75 Å². The molecule has 3 aromatic rings. The molecule has 1 atom stereocenters. The summed E-state index contributed by atoms with van der Waals surface area (Å²) in [5.74, 6) is -1.70. The number of rotatable bonds is 10. The quantitative estimate of drug-likeness (QED) is 0.258. The fourth-order valence-corrected chi connectivity index (χ4v) is 3.58. The van der Waals surface area contributed by atoms with Gasteiger partial charge >= 0.3 is 11.9 Å². The van der Waals surface area contributed by atoms with Gasteiger partial charge in [0.05, 0.1) is 5.92 Å². The summed E-state index contributed by atoms with van der Waals surface area (Å²) in [6, 6.07) is 24.1. The Labute approximate surface area is 187 Å². The van der Waals surface area contributed by atoms with Crippen LogP contribution >= 0.6 is 0 Å². The van der Waals surface area contributed by atoms with Crippen molar-refractivity contribution < 1.29 is 24.2 Å². The van der Waals surface area contributed by atoms with Crippen LogP contribution in [-0.4, -0.2) is 22.8 Å². The van der Waals surface area contributed by atoms with Crippen LogP contribution in [0.4, 0.5) is 0 Å². The van der Waals surface area contributed by atoms with Gasteiger partial charge in [0.15, 0.2) is 5.78 Å². The Balaban J connectivity index is 1.58. The summed E-state index contributed by atoms with van der Waals surface area (Å²) in [7, 11) is 0. The minimum atomic E-state index is -0.934. The molecule has 0 bridgehead atoms. The first kappa shape index (κ1) is 22.9. The lowest BCUT2D eigenvalue weighted by molar-refractivity contribution is -0.142. The Kier molecular flexibility index (Phi) is 7.92. The lowest BCUT2D eigenvalue weighted by Crippen LogP contribution is -2.18. The van der Waals surface area contributed by atoms with Crippen molar-refractivity contribution >= 4 is 17.7 Å². The van der Waals surface area contributed by atoms with Gasteiger partial charge in [0.2, 0.25) is 0 Å². The summed E-state index contributed by atoms with van der Waals surface area (Å²) in [4.78, 5) is 35.4. The highest BCUT2D eigenvalue weighted by Gasteiger charge is 2.21. The number of Topliss-reactive ketones (excluding diaryl/α,β-unsaturated/α-hetero) is 1. The van der Waals surface area contributed by atoms with Gasteiger partial charge in [-0.2, -0.15) is 0 Å². The summed E-state index contributed by atoms with van der Waals surface area (Å²) >= 11 is 0. The van der Waals surface area contributed by atoms with Gasteiger partial charge in [0.25, 0.3) is 0 Å². The Morgan fingerprint density at radius 2 is 1.44 bits per heavy atom. The molecule has 32 heavy (non-hydrogen) atoms. The lowest BCUT2D eigenvalue weighted by Gasteiger charge is -2.12. The zero-order valence-corrected chi connectivity index (χ0v) is 18.0. The molecule has 1 unspecified atom stereocenters. The van der Waals surface area contributed by atoms with E-state index in [4.69, 9.17) is 4.74 Å². The van der Waals surface area contributed by atoms with Crippen LogP contribution < -0.4 is 4.74 Å². The smallest absolute Gasteiger partial charge is 0.308 e. The number of hydrogen-bond donors (Lipinski definition) is 1. The maximum absolute atomic E-state index is 12.7. The molecule has 0 aromatic heterocycles. The highest BCUT2D eigenvalue weighted by Crippen LogP contribution is 2.24. The van der Waals surface area contributed by atoms with E-state index in [1.807, 2.05) is 54.6 Å². The summed E-state index contributed by atoms with van der Waals surface area (Å²) in [5.41, 5.74) is 3.50. The number of hydrogen-bond acceptors (Lipinski definition) is 4. The van der Waals surface area contributed by atoms with Crippen molar-refractivity contribution in [2.75, 3.05) is 0 Å². The second-order valence-electron chi connectivity index (χ2n) is 7.74. The molecule has 0 saturated heterocycles. The van der Waals surface area contributed by atoms with Crippen molar-refractivity contribution in [2.45, 2.75) is 32.6 Å². The standard InChI is InChI=1S/C27H26O5/c1-19(28)32-25-16-14-22(15-17-25)21-10-12-23(13-11-21)26(29)18-24(27(30)31)9-5-8-20-6-3-2-4-7-20/h2-4,6-7,10-17,24H,5,8-9,18H2,1H3,(H,30,31). The van der Waals surface area contributed by atoms with Crippen LogP contribution in [0.15, 0.2) is 78.9 Å². The van der Waals surface area contributed by atoms with Crippen molar-refractivity contribution in [1.29, 1.82) is 0 Å². The van der Waals surface area contributed by atoms with E-state index in [0.717, 1.165) is 24.0 Å². The molecule has 0 fully saturated rings. The second-order valence-corrected chi connectivity index (χ2v) is 7.74. The number of carboxylic acids is 1. The molecule has 0 saturated carbocycles. The minimum absolute atomic E-state index is 0.0133. The number of benzene rings is 3. The number of ketones is 1. The number of carbonyl (C=O) groups excluding carboxylic acids is 2. The molecule has 0 aliphatic rings. The second kappa shape index (κ2) is 11.0. The predicted octanol–water partition coefficient (Wildman–Crippen LogP) is 5.58. The highest BCUT2D eigenvalue weighted by atomic mass is 16.5. The zero-order valence-electron chi connectivity index (χ0n) is 18.0. The average Bonchev–Trinajstić information content (AvgIpc) is 2.79. The van der Waals surface area contributed by atoms with E-state index in [-0.39, 0.29) is 18.2 Å². The largest absolute Gasteiger partial charge is 0.481 e. The van der Waals surface area contributed by atoms with Gasteiger partial charge in [-0.05, 0) is 48.1 Å². The van der Waals surface area contributed by atoms with Crippen molar-refractivity contribution in [2.24, 2.45) is 5.92 Å². The van der Waals surface area contributed by atoms with Gasteiger partial charge in [-0.3, -0.25) is 14.4 Å². The van der Waals surface area contributed by atoms with E-state index >= 15 is 0 Å². The van der Waals surface area contributed by atoms with Crippen LogP contribution in [0.3, 0.4) is 0 Å². The van der Waals surface area contributed by atoms with E-state index in [9.17, 15) is 19.5 Å². The topological polar surface area (TPSA) is 80.7 Å². The summed E-state index contributed by atoms with van der Waals surface area (Å²) in [6.07, 6.45) is 1.96. The van der Waals surface area contributed by atoms with E-state index in [1.165, 1.54) is 12.5 Å². The SMILES string of the molecule is CC(=O)Oc1ccc(-c2ccc(C(=O)CC(CCCc3ccccc3)C(=O)O)cc2)cc1. The maximum Gasteiger partial charge on any atom is 0.308 e. The molecule has 5 nitrogen and oxygen atoms in total. The Morgan fingerprint density at radius 1 is 0.844 bits per heavy atom. The third kappa shape index (κ3) is 6.64. The van der Waals surface area contributed by atoms with Gasteiger partial charge < -0.3 is 9.84 Å². The van der Waals surface area contributed by atoms with Crippen LogP contribution in [0.2, 0.25) is 0 Å². The van der Waals surface area contributed by atoms with E-state index in [2.05, 4.69) is 0 Å². The third-order valence-corrected chi connectivity index (χ3v) is 5.30. The first-order valence-corrected chi connectivity index (χ1v) is 10.6. The third-order valence-electron chi connectivity index (χ3n) is 5.30. The summed E-state index contributed by atoms with van der Waals surface area (Å²) in [6.45, 7) is 1.35. The molecule has 1 N–H and O–H groups in total. The molecule has 3 aromatic carbocycles. The van der Waals surface area contributed by atoms with Gasteiger partial charge in [0.1, 0.15) is 5.75 Å². The van der Waals surface area contributed by atoms with Crippen LogP contribution in [-0.2, 0) is 16.0 Å². The van der Waals surface area contributed by atoms with Crippen molar-refractivity contribution in [1.82, 2.24) is 0 Å². The number of esters is 1. The number of aliphatic carboxylic acids is 1. The van der Waals surface area contributed by atoms with Gasteiger partial charge in [-0.1, -0.05) is 66.7 Å². The van der Waals surface area contributed by atoms with Crippen molar-refractivity contribution in [3.63, 3.8) is 0 Å². The molecule has 0 aliphatic heterocycles.